The van der Waals surface area contributed by atoms with Crippen LogP contribution in [0.3, 0.4) is 0 Å². The number of ketones is 1. The Hall–Kier alpha value is -1.89. The molecular weight excluding hydrogens is 258 g/mol. The second-order valence-electron chi connectivity index (χ2n) is 3.63. The minimum Gasteiger partial charge on any atom is -0.475 e. The Labute approximate surface area is 105 Å². The van der Waals surface area contributed by atoms with Crippen LogP contribution in [-0.4, -0.2) is 31.0 Å². The second kappa shape index (κ2) is 5.63. The first-order valence-corrected chi connectivity index (χ1v) is 6.89. The van der Waals surface area contributed by atoms with Crippen molar-refractivity contribution in [3.05, 3.63) is 29.8 Å². The lowest BCUT2D eigenvalue weighted by atomic mass is 10.1. The Bertz CT molecular complexity index is 547. The van der Waals surface area contributed by atoms with Gasteiger partial charge in [0, 0.05) is 11.3 Å². The van der Waals surface area contributed by atoms with Crippen LogP contribution in [0.15, 0.2) is 24.3 Å². The molecule has 1 aromatic rings. The third kappa shape index (κ3) is 3.85. The van der Waals surface area contributed by atoms with Gasteiger partial charge in [-0.15, -0.1) is 0 Å². The van der Waals surface area contributed by atoms with Crippen LogP contribution in [-0.2, 0) is 14.8 Å². The number of hydrogen-bond acceptors (Lipinski definition) is 4. The smallest absolute Gasteiger partial charge is 0.377 e. The molecule has 2 N–H and O–H groups in total. The quantitative estimate of drug-likeness (QED) is 0.596. The zero-order valence-corrected chi connectivity index (χ0v) is 10.5. The van der Waals surface area contributed by atoms with E-state index in [1.165, 1.54) is 24.3 Å². The highest BCUT2D eigenvalue weighted by Crippen LogP contribution is 2.12. The largest absolute Gasteiger partial charge is 0.475 e. The second-order valence-corrected chi connectivity index (χ2v) is 5.47. The number of carbonyl (C=O) groups excluding carboxylic acids is 1. The number of benzene rings is 1. The Balaban J connectivity index is 2.84. The molecule has 0 saturated carbocycles. The summed E-state index contributed by atoms with van der Waals surface area (Å²) in [6.45, 7) is 1.74. The van der Waals surface area contributed by atoms with Crippen molar-refractivity contribution in [1.82, 2.24) is 0 Å². The highest BCUT2D eigenvalue weighted by atomic mass is 32.2. The van der Waals surface area contributed by atoms with Gasteiger partial charge in [0.25, 0.3) is 5.78 Å². The molecule has 0 aliphatic heterocycles. The first-order chi connectivity index (χ1) is 8.35. The van der Waals surface area contributed by atoms with Gasteiger partial charge in [0.15, 0.2) is 0 Å². The average molecular weight is 271 g/mol. The zero-order chi connectivity index (χ0) is 13.8. The number of aliphatic carboxylic acids is 1. The molecule has 98 valence electrons. The van der Waals surface area contributed by atoms with Gasteiger partial charge in [-0.25, -0.2) is 13.2 Å². The van der Waals surface area contributed by atoms with Crippen LogP contribution < -0.4 is 4.72 Å². The van der Waals surface area contributed by atoms with Crippen LogP contribution in [0.2, 0.25) is 0 Å². The van der Waals surface area contributed by atoms with Crippen LogP contribution in [0, 0.1) is 0 Å². The molecule has 7 heteroatoms. The van der Waals surface area contributed by atoms with Gasteiger partial charge in [-0.3, -0.25) is 9.52 Å². The number of nitrogens with one attached hydrogen (secondary N) is 1. The van der Waals surface area contributed by atoms with E-state index in [0.29, 0.717) is 12.1 Å². The van der Waals surface area contributed by atoms with E-state index >= 15 is 0 Å². The fourth-order valence-corrected chi connectivity index (χ4v) is 2.45. The zero-order valence-electron chi connectivity index (χ0n) is 9.71. The van der Waals surface area contributed by atoms with Crippen molar-refractivity contribution in [2.45, 2.75) is 13.3 Å². The summed E-state index contributed by atoms with van der Waals surface area (Å²) in [7, 11) is -3.39. The molecule has 0 heterocycles. The number of carboxylic acid groups (broad SMARTS) is 1. The van der Waals surface area contributed by atoms with Gasteiger partial charge in [0.05, 0.1) is 5.75 Å². The minimum atomic E-state index is -3.39. The Morgan fingerprint density at radius 1 is 1.22 bits per heavy atom. The summed E-state index contributed by atoms with van der Waals surface area (Å²) >= 11 is 0. The summed E-state index contributed by atoms with van der Waals surface area (Å²) in [5, 5.41) is 8.50. The van der Waals surface area contributed by atoms with Crippen LogP contribution in [0.1, 0.15) is 23.7 Å². The van der Waals surface area contributed by atoms with Crippen molar-refractivity contribution >= 4 is 27.5 Å². The maximum Gasteiger partial charge on any atom is 0.377 e. The van der Waals surface area contributed by atoms with Gasteiger partial charge < -0.3 is 5.11 Å². The molecule has 0 saturated heterocycles. The number of rotatable bonds is 6. The van der Waals surface area contributed by atoms with Crippen molar-refractivity contribution in [1.29, 1.82) is 0 Å². The lowest BCUT2D eigenvalue weighted by Gasteiger charge is -2.06. The predicted octanol–water partition coefficient (Wildman–Crippen LogP) is 1.11. The summed E-state index contributed by atoms with van der Waals surface area (Å²) in [6.07, 6.45) is 0.491. The van der Waals surface area contributed by atoms with E-state index in [4.69, 9.17) is 5.11 Å². The van der Waals surface area contributed by atoms with E-state index in [1.54, 1.807) is 6.92 Å². The van der Waals surface area contributed by atoms with Crippen LogP contribution >= 0.6 is 0 Å². The number of carbonyl (C=O) groups is 2. The standard InChI is InChI=1S/C11H13NO5S/c1-2-7-18(16,17)12-9-5-3-8(4-6-9)10(13)11(14)15/h3-6,12H,2,7H2,1H3,(H,14,15). The molecule has 6 nitrogen and oxygen atoms in total. The van der Waals surface area contributed by atoms with Crippen molar-refractivity contribution in [2.75, 3.05) is 10.5 Å². The maximum atomic E-state index is 11.5. The van der Waals surface area contributed by atoms with E-state index in [1.807, 2.05) is 0 Å². The molecule has 0 radical (unpaired) electrons. The fraction of sp³-hybridized carbons (Fsp3) is 0.273. The van der Waals surface area contributed by atoms with E-state index in [0.717, 1.165) is 0 Å². The monoisotopic (exact) mass is 271 g/mol. The summed E-state index contributed by atoms with van der Waals surface area (Å²) in [6, 6.07) is 5.23. The van der Waals surface area contributed by atoms with Crippen LogP contribution in [0.25, 0.3) is 0 Å². The molecule has 0 bridgehead atoms. The molecule has 0 spiro atoms. The highest BCUT2D eigenvalue weighted by Gasteiger charge is 2.14. The summed E-state index contributed by atoms with van der Waals surface area (Å²) in [4.78, 5) is 21.5. The number of carboxylic acids is 1. The average Bonchev–Trinajstić information content (AvgIpc) is 2.28. The van der Waals surface area contributed by atoms with E-state index < -0.39 is 21.8 Å². The first-order valence-electron chi connectivity index (χ1n) is 5.24. The molecule has 0 aromatic heterocycles. The van der Waals surface area contributed by atoms with Crippen molar-refractivity contribution < 1.29 is 23.1 Å². The molecular formula is C11H13NO5S. The predicted molar refractivity (Wildman–Crippen MR) is 66.1 cm³/mol. The molecule has 0 unspecified atom stereocenters. The lowest BCUT2D eigenvalue weighted by molar-refractivity contribution is -0.131. The van der Waals surface area contributed by atoms with E-state index in [9.17, 15) is 18.0 Å². The molecule has 0 amide bonds. The third-order valence-corrected chi connectivity index (χ3v) is 3.58. The maximum absolute atomic E-state index is 11.5. The summed E-state index contributed by atoms with van der Waals surface area (Å²) in [5.41, 5.74) is 0.298. The van der Waals surface area contributed by atoms with Gasteiger partial charge in [-0.2, -0.15) is 0 Å². The molecule has 1 rings (SSSR count). The molecule has 0 fully saturated rings. The summed E-state index contributed by atoms with van der Waals surface area (Å²) < 4.78 is 25.2. The number of sulfonamides is 1. The first kappa shape index (κ1) is 14.2. The van der Waals surface area contributed by atoms with Crippen molar-refractivity contribution in [3.63, 3.8) is 0 Å². The van der Waals surface area contributed by atoms with Crippen molar-refractivity contribution in [3.8, 4) is 0 Å². The number of Topliss-reactive ketones (excluding diaryl/α,β-unsaturated/α-hetero) is 1. The van der Waals surface area contributed by atoms with Crippen LogP contribution in [0.5, 0.6) is 0 Å². The number of hydrogen-bond donors (Lipinski definition) is 2. The van der Waals surface area contributed by atoms with Crippen LogP contribution in [0.4, 0.5) is 5.69 Å². The Morgan fingerprint density at radius 2 is 1.78 bits per heavy atom. The van der Waals surface area contributed by atoms with E-state index in [2.05, 4.69) is 4.72 Å². The Kier molecular flexibility index (Phi) is 4.43. The summed E-state index contributed by atoms with van der Waals surface area (Å²) in [5.74, 6) is -2.57. The van der Waals surface area contributed by atoms with Gasteiger partial charge in [-0.1, -0.05) is 6.92 Å². The molecule has 0 aliphatic carbocycles. The molecule has 18 heavy (non-hydrogen) atoms. The highest BCUT2D eigenvalue weighted by molar-refractivity contribution is 7.92. The minimum absolute atomic E-state index is 0.000870. The SMILES string of the molecule is CCCS(=O)(=O)Nc1ccc(C(=O)C(=O)O)cc1. The normalized spacial score (nSPS) is 10.9. The Morgan fingerprint density at radius 3 is 2.22 bits per heavy atom. The van der Waals surface area contributed by atoms with Gasteiger partial charge in [0.1, 0.15) is 0 Å². The molecule has 1 aromatic carbocycles. The van der Waals surface area contributed by atoms with Gasteiger partial charge in [0.2, 0.25) is 10.0 Å². The fourth-order valence-electron chi connectivity index (χ4n) is 1.31. The topological polar surface area (TPSA) is 101 Å². The molecule has 0 aliphatic rings. The number of anilines is 1. The van der Waals surface area contributed by atoms with Crippen molar-refractivity contribution in [2.24, 2.45) is 0 Å². The third-order valence-electron chi connectivity index (χ3n) is 2.09. The van der Waals surface area contributed by atoms with Gasteiger partial charge in [-0.05, 0) is 30.7 Å². The van der Waals surface area contributed by atoms with Gasteiger partial charge >= 0.3 is 5.97 Å². The lowest BCUT2D eigenvalue weighted by Crippen LogP contribution is -2.16. The van der Waals surface area contributed by atoms with E-state index in [-0.39, 0.29) is 11.3 Å². The molecule has 0 atom stereocenters.